The van der Waals surface area contributed by atoms with Crippen molar-refractivity contribution in [3.05, 3.63) is 29.3 Å². The lowest BCUT2D eigenvalue weighted by molar-refractivity contribution is -0.119. The Morgan fingerprint density at radius 2 is 2.00 bits per heavy atom. The topological polar surface area (TPSA) is 29.3 Å². The van der Waals surface area contributed by atoms with E-state index in [9.17, 15) is 13.2 Å². The number of rotatable bonds is 5. The van der Waals surface area contributed by atoms with E-state index in [4.69, 9.17) is 18.0 Å². The molecule has 0 saturated carbocycles. The van der Waals surface area contributed by atoms with E-state index in [-0.39, 0.29) is 4.99 Å². The second kappa shape index (κ2) is 6.23. The van der Waals surface area contributed by atoms with Crippen LogP contribution in [0.5, 0.6) is 0 Å². The fourth-order valence-electron chi connectivity index (χ4n) is 2.03. The molecule has 0 aliphatic rings. The molecule has 0 amide bonds. The van der Waals surface area contributed by atoms with Crippen molar-refractivity contribution in [1.82, 2.24) is 0 Å². The summed E-state index contributed by atoms with van der Waals surface area (Å²) in [5.74, 6) is 0. The summed E-state index contributed by atoms with van der Waals surface area (Å²) in [5, 5.41) is 0. The summed E-state index contributed by atoms with van der Waals surface area (Å²) in [6.07, 6.45) is -3.65. The molecule has 0 fully saturated rings. The van der Waals surface area contributed by atoms with Crippen molar-refractivity contribution in [3.8, 4) is 0 Å². The Morgan fingerprint density at radius 3 is 2.47 bits per heavy atom. The number of anilines is 1. The molecular weight excluding hydrogens is 273 g/mol. The highest BCUT2D eigenvalue weighted by molar-refractivity contribution is 7.80. The maximum atomic E-state index is 12.7. The number of nitrogens with two attached hydrogens (primary N) is 1. The molecule has 1 rings (SSSR count). The average Bonchev–Trinajstić information content (AvgIpc) is 2.26. The van der Waals surface area contributed by atoms with Gasteiger partial charge in [-0.1, -0.05) is 31.3 Å². The van der Waals surface area contributed by atoms with Crippen LogP contribution < -0.4 is 10.6 Å². The lowest BCUT2D eigenvalue weighted by Crippen LogP contribution is -2.36. The van der Waals surface area contributed by atoms with E-state index in [1.807, 2.05) is 6.92 Å². The van der Waals surface area contributed by atoms with Gasteiger partial charge in [0.05, 0.1) is 5.69 Å². The number of para-hydroxylation sites is 1. The Labute approximate surface area is 116 Å². The average molecular weight is 290 g/mol. The maximum Gasteiger partial charge on any atom is 0.405 e. The maximum absolute atomic E-state index is 12.7. The third-order valence-corrected chi connectivity index (χ3v) is 2.90. The number of halogens is 3. The first-order valence-corrected chi connectivity index (χ1v) is 6.38. The fraction of sp³-hybridized carbons (Fsp3) is 0.462. The van der Waals surface area contributed by atoms with Gasteiger partial charge in [0.1, 0.15) is 11.5 Å². The van der Waals surface area contributed by atoms with Gasteiger partial charge >= 0.3 is 6.18 Å². The van der Waals surface area contributed by atoms with E-state index in [1.54, 1.807) is 25.1 Å². The van der Waals surface area contributed by atoms with Crippen LogP contribution >= 0.6 is 12.2 Å². The molecule has 19 heavy (non-hydrogen) atoms. The van der Waals surface area contributed by atoms with Gasteiger partial charge in [-0.25, -0.2) is 0 Å². The van der Waals surface area contributed by atoms with Crippen LogP contribution in [0.25, 0.3) is 0 Å². The first kappa shape index (κ1) is 15.8. The summed E-state index contributed by atoms with van der Waals surface area (Å²) in [4.78, 5) is 1.41. The molecule has 0 unspecified atom stereocenters. The summed E-state index contributed by atoms with van der Waals surface area (Å²) in [7, 11) is 0. The number of hydrogen-bond donors (Lipinski definition) is 1. The minimum absolute atomic E-state index is 0.113. The number of thiocarbonyl (C=S) groups is 1. The van der Waals surface area contributed by atoms with E-state index in [2.05, 4.69) is 0 Å². The van der Waals surface area contributed by atoms with Gasteiger partial charge in [0.15, 0.2) is 0 Å². The first-order chi connectivity index (χ1) is 8.76. The van der Waals surface area contributed by atoms with Gasteiger partial charge in [0, 0.05) is 12.1 Å². The molecule has 106 valence electrons. The van der Waals surface area contributed by atoms with Crippen LogP contribution in [0.3, 0.4) is 0 Å². The Bertz CT molecular complexity index is 458. The molecule has 0 spiro atoms. The van der Waals surface area contributed by atoms with E-state index in [0.717, 1.165) is 5.56 Å². The number of benzene rings is 1. The quantitative estimate of drug-likeness (QED) is 0.843. The largest absolute Gasteiger partial charge is 0.405 e. The van der Waals surface area contributed by atoms with Gasteiger partial charge in [-0.05, 0) is 25.0 Å². The Balaban J connectivity index is 3.25. The molecule has 0 atom stereocenters. The summed E-state index contributed by atoms with van der Waals surface area (Å²) >= 11 is 4.92. The van der Waals surface area contributed by atoms with Crippen molar-refractivity contribution in [3.63, 3.8) is 0 Å². The van der Waals surface area contributed by atoms with Crippen LogP contribution in [0.1, 0.15) is 24.5 Å². The third-order valence-electron chi connectivity index (χ3n) is 2.68. The number of aryl methyl sites for hydroxylation is 1. The molecule has 6 heteroatoms. The fourth-order valence-corrected chi connectivity index (χ4v) is 2.20. The standard InChI is InChI=1S/C13H17F3N2S/c1-3-7-18(8-13(14,15)16)11-9(2)5-4-6-10(11)12(17)19/h4-6H,3,7-8H2,1-2H3,(H2,17,19). The number of nitrogens with zero attached hydrogens (tertiary/aromatic N) is 1. The predicted molar refractivity (Wildman–Crippen MR) is 75.6 cm³/mol. The van der Waals surface area contributed by atoms with Gasteiger partial charge in [0.2, 0.25) is 0 Å². The molecule has 0 heterocycles. The molecule has 1 aromatic rings. The van der Waals surface area contributed by atoms with Gasteiger partial charge in [-0.2, -0.15) is 13.2 Å². The Morgan fingerprint density at radius 1 is 1.37 bits per heavy atom. The normalized spacial score (nSPS) is 11.4. The van der Waals surface area contributed by atoms with Gasteiger partial charge in [0.25, 0.3) is 0 Å². The zero-order valence-electron chi connectivity index (χ0n) is 10.9. The zero-order chi connectivity index (χ0) is 14.6. The van der Waals surface area contributed by atoms with Crippen molar-refractivity contribution >= 4 is 22.9 Å². The Hall–Kier alpha value is -1.30. The van der Waals surface area contributed by atoms with Gasteiger partial charge < -0.3 is 10.6 Å². The lowest BCUT2D eigenvalue weighted by atomic mass is 10.1. The second-order valence-electron chi connectivity index (χ2n) is 4.37. The molecule has 0 aromatic heterocycles. The van der Waals surface area contributed by atoms with Gasteiger partial charge in [-0.3, -0.25) is 0 Å². The third kappa shape index (κ3) is 4.38. The van der Waals surface area contributed by atoms with Crippen molar-refractivity contribution in [1.29, 1.82) is 0 Å². The summed E-state index contributed by atoms with van der Waals surface area (Å²) in [6, 6.07) is 5.16. The molecule has 2 nitrogen and oxygen atoms in total. The predicted octanol–water partition coefficient (Wildman–Crippen LogP) is 3.41. The van der Waals surface area contributed by atoms with E-state index in [0.29, 0.717) is 24.2 Å². The lowest BCUT2D eigenvalue weighted by Gasteiger charge is -2.29. The minimum Gasteiger partial charge on any atom is -0.389 e. The smallest absolute Gasteiger partial charge is 0.389 e. The van der Waals surface area contributed by atoms with Crippen molar-refractivity contribution in [2.24, 2.45) is 5.73 Å². The summed E-state index contributed by atoms with van der Waals surface area (Å²) in [6.45, 7) is 2.90. The van der Waals surface area contributed by atoms with Crippen LogP contribution in [0.2, 0.25) is 0 Å². The summed E-state index contributed by atoms with van der Waals surface area (Å²) in [5.41, 5.74) is 7.32. The van der Waals surface area contributed by atoms with E-state index >= 15 is 0 Å². The molecular formula is C13H17F3N2S. The monoisotopic (exact) mass is 290 g/mol. The van der Waals surface area contributed by atoms with Crippen LogP contribution in [-0.2, 0) is 0 Å². The highest BCUT2D eigenvalue weighted by Gasteiger charge is 2.32. The molecule has 0 aliphatic carbocycles. The van der Waals surface area contributed by atoms with E-state index in [1.165, 1.54) is 4.90 Å². The first-order valence-electron chi connectivity index (χ1n) is 5.97. The minimum atomic E-state index is -4.26. The van der Waals surface area contributed by atoms with Crippen LogP contribution in [0, 0.1) is 6.92 Å². The van der Waals surface area contributed by atoms with Crippen LogP contribution in [0.4, 0.5) is 18.9 Å². The number of alkyl halides is 3. The molecule has 0 bridgehead atoms. The zero-order valence-corrected chi connectivity index (χ0v) is 11.7. The molecule has 0 aliphatic heterocycles. The SMILES string of the molecule is CCCN(CC(F)(F)F)c1c(C)cccc1C(N)=S. The summed E-state index contributed by atoms with van der Waals surface area (Å²) < 4.78 is 38.0. The highest BCUT2D eigenvalue weighted by Crippen LogP contribution is 2.28. The van der Waals surface area contributed by atoms with Crippen LogP contribution in [-0.4, -0.2) is 24.3 Å². The Kier molecular flexibility index (Phi) is 5.17. The van der Waals surface area contributed by atoms with Crippen molar-refractivity contribution < 1.29 is 13.2 Å². The molecule has 0 radical (unpaired) electrons. The molecule has 2 N–H and O–H groups in total. The van der Waals surface area contributed by atoms with Crippen molar-refractivity contribution in [2.45, 2.75) is 26.4 Å². The van der Waals surface area contributed by atoms with E-state index < -0.39 is 12.7 Å². The molecule has 1 aromatic carbocycles. The second-order valence-corrected chi connectivity index (χ2v) is 4.81. The van der Waals surface area contributed by atoms with Crippen LogP contribution in [0.15, 0.2) is 18.2 Å². The van der Waals surface area contributed by atoms with Crippen molar-refractivity contribution in [2.75, 3.05) is 18.0 Å². The van der Waals surface area contributed by atoms with Gasteiger partial charge in [-0.15, -0.1) is 0 Å². The molecule has 0 saturated heterocycles. The number of hydrogen-bond acceptors (Lipinski definition) is 2. The highest BCUT2D eigenvalue weighted by atomic mass is 32.1.